The van der Waals surface area contributed by atoms with Gasteiger partial charge in [0.15, 0.2) is 15.9 Å². The van der Waals surface area contributed by atoms with E-state index in [1.165, 1.54) is 0 Å². The lowest BCUT2D eigenvalue weighted by molar-refractivity contribution is -0.122. The second kappa shape index (κ2) is 7.11. The summed E-state index contributed by atoms with van der Waals surface area (Å²) in [5.74, 6) is 1.01. The Balaban J connectivity index is 1.71. The predicted molar refractivity (Wildman–Crippen MR) is 99.2 cm³/mol. The summed E-state index contributed by atoms with van der Waals surface area (Å²) in [5, 5.41) is 7.17. The molecule has 26 heavy (non-hydrogen) atoms. The summed E-state index contributed by atoms with van der Waals surface area (Å²) < 4.78 is 30.8. The Morgan fingerprint density at radius 1 is 1.35 bits per heavy atom. The average Bonchev–Trinajstić information content (AvgIpc) is 3.09. The van der Waals surface area contributed by atoms with Crippen molar-refractivity contribution in [2.24, 2.45) is 0 Å². The van der Waals surface area contributed by atoms with Crippen molar-refractivity contribution in [1.29, 1.82) is 0 Å². The summed E-state index contributed by atoms with van der Waals surface area (Å²) in [6, 6.07) is 8.97. The highest BCUT2D eigenvalue weighted by atomic mass is 32.2. The number of aromatic nitrogens is 2. The molecular formula is C18H23N3O4S. The molecule has 0 bridgehead atoms. The first-order chi connectivity index (χ1) is 12.2. The quantitative estimate of drug-likeness (QED) is 0.863. The maximum Gasteiger partial charge on any atom is 0.266 e. The second-order valence-corrected chi connectivity index (χ2v) is 8.97. The third kappa shape index (κ3) is 4.24. The molecule has 0 aliphatic carbocycles. The summed E-state index contributed by atoms with van der Waals surface area (Å²) in [6.45, 7) is 5.43. The fourth-order valence-corrected chi connectivity index (χ4v) is 4.72. The fourth-order valence-electron chi connectivity index (χ4n) is 3.03. The predicted octanol–water partition coefficient (Wildman–Crippen LogP) is 2.27. The van der Waals surface area contributed by atoms with Gasteiger partial charge in [-0.05, 0) is 44.9 Å². The van der Waals surface area contributed by atoms with E-state index in [0.29, 0.717) is 18.0 Å². The van der Waals surface area contributed by atoms with Crippen LogP contribution in [0.1, 0.15) is 30.6 Å². The lowest BCUT2D eigenvalue weighted by atomic mass is 10.2. The van der Waals surface area contributed by atoms with Crippen LogP contribution in [0.5, 0.6) is 5.75 Å². The molecular weight excluding hydrogens is 354 g/mol. The monoisotopic (exact) mass is 377 g/mol. The number of anilines is 1. The minimum Gasteiger partial charge on any atom is -0.481 e. The lowest BCUT2D eigenvalue weighted by Crippen LogP contribution is -2.31. The van der Waals surface area contributed by atoms with Crippen LogP contribution < -0.4 is 10.1 Å². The second-order valence-electron chi connectivity index (χ2n) is 6.74. The van der Waals surface area contributed by atoms with Gasteiger partial charge in [-0.1, -0.05) is 12.1 Å². The average molecular weight is 377 g/mol. The van der Waals surface area contributed by atoms with Crippen molar-refractivity contribution in [2.45, 2.75) is 39.3 Å². The normalized spacial score (nSPS) is 19.9. The number of benzene rings is 1. The number of nitrogens with one attached hydrogen (secondary N) is 1. The zero-order chi connectivity index (χ0) is 18.9. The number of nitrogens with zero attached hydrogens (tertiary/aromatic N) is 2. The van der Waals surface area contributed by atoms with E-state index in [1.807, 2.05) is 32.0 Å². The molecule has 2 unspecified atom stereocenters. The van der Waals surface area contributed by atoms with Crippen molar-refractivity contribution >= 4 is 21.6 Å². The zero-order valence-corrected chi connectivity index (χ0v) is 15.9. The molecule has 1 amide bonds. The van der Waals surface area contributed by atoms with Gasteiger partial charge in [0, 0.05) is 6.07 Å². The number of carbonyl (C=O) groups excluding carboxylic acids is 1. The van der Waals surface area contributed by atoms with Crippen LogP contribution in [0.3, 0.4) is 0 Å². The molecule has 8 heteroatoms. The van der Waals surface area contributed by atoms with Gasteiger partial charge >= 0.3 is 0 Å². The number of amides is 1. The van der Waals surface area contributed by atoms with Crippen LogP contribution in [0.25, 0.3) is 0 Å². The standard InChI is InChI=1S/C18H23N3O4S/c1-12-5-4-6-16(9-12)25-14(3)18(22)19-17-10-13(2)20-21(17)15-7-8-26(23,24)11-15/h4-6,9-10,14-15H,7-8,11H2,1-3H3,(H,19,22). The van der Waals surface area contributed by atoms with Crippen LogP contribution in [0.15, 0.2) is 30.3 Å². The minimum absolute atomic E-state index is 0.0480. The molecule has 7 nitrogen and oxygen atoms in total. The number of ether oxygens (including phenoxy) is 1. The first-order valence-corrected chi connectivity index (χ1v) is 10.4. The Bertz CT molecular complexity index is 920. The number of rotatable bonds is 5. The third-order valence-corrected chi connectivity index (χ3v) is 6.09. The van der Waals surface area contributed by atoms with Gasteiger partial charge in [0.05, 0.1) is 23.2 Å². The molecule has 2 aromatic rings. The number of sulfone groups is 1. The van der Waals surface area contributed by atoms with Gasteiger partial charge in [0.2, 0.25) is 0 Å². The van der Waals surface area contributed by atoms with Crippen LogP contribution in [0.2, 0.25) is 0 Å². The zero-order valence-electron chi connectivity index (χ0n) is 15.1. The molecule has 1 fully saturated rings. The van der Waals surface area contributed by atoms with E-state index in [-0.39, 0.29) is 23.5 Å². The largest absolute Gasteiger partial charge is 0.481 e. The maximum atomic E-state index is 12.5. The summed E-state index contributed by atoms with van der Waals surface area (Å²) in [5.41, 5.74) is 1.77. The van der Waals surface area contributed by atoms with Crippen molar-refractivity contribution in [2.75, 3.05) is 16.8 Å². The van der Waals surface area contributed by atoms with Gasteiger partial charge in [-0.15, -0.1) is 0 Å². The van der Waals surface area contributed by atoms with Gasteiger partial charge in [-0.2, -0.15) is 5.10 Å². The molecule has 1 aliphatic heterocycles. The molecule has 1 aromatic carbocycles. The minimum atomic E-state index is -3.04. The lowest BCUT2D eigenvalue weighted by Gasteiger charge is -2.17. The van der Waals surface area contributed by atoms with Crippen LogP contribution in [-0.2, 0) is 14.6 Å². The van der Waals surface area contributed by atoms with Crippen molar-refractivity contribution in [3.63, 3.8) is 0 Å². The van der Waals surface area contributed by atoms with Crippen LogP contribution in [0.4, 0.5) is 5.82 Å². The van der Waals surface area contributed by atoms with Crippen molar-refractivity contribution in [3.05, 3.63) is 41.6 Å². The van der Waals surface area contributed by atoms with E-state index in [2.05, 4.69) is 10.4 Å². The first-order valence-electron chi connectivity index (χ1n) is 8.54. The van der Waals surface area contributed by atoms with Crippen LogP contribution in [0, 0.1) is 13.8 Å². The Hall–Kier alpha value is -2.35. The van der Waals surface area contributed by atoms with Crippen LogP contribution >= 0.6 is 0 Å². The molecule has 2 heterocycles. The van der Waals surface area contributed by atoms with E-state index < -0.39 is 15.9 Å². The Labute approximate surface area is 153 Å². The van der Waals surface area contributed by atoms with E-state index >= 15 is 0 Å². The van der Waals surface area contributed by atoms with E-state index in [1.54, 1.807) is 23.7 Å². The number of aryl methyl sites for hydroxylation is 2. The summed E-state index contributed by atoms with van der Waals surface area (Å²) in [7, 11) is -3.04. The first kappa shape index (κ1) is 18.4. The van der Waals surface area contributed by atoms with Gasteiger partial charge in [-0.3, -0.25) is 4.79 Å². The molecule has 0 radical (unpaired) electrons. The SMILES string of the molecule is Cc1cccc(OC(C)C(=O)Nc2cc(C)nn2C2CCS(=O)(=O)C2)c1. The molecule has 1 saturated heterocycles. The highest BCUT2D eigenvalue weighted by molar-refractivity contribution is 7.91. The van der Waals surface area contributed by atoms with Gasteiger partial charge in [0.25, 0.3) is 5.91 Å². The summed E-state index contributed by atoms with van der Waals surface area (Å²) >= 11 is 0. The fraction of sp³-hybridized carbons (Fsp3) is 0.444. The smallest absolute Gasteiger partial charge is 0.266 e. The van der Waals surface area contributed by atoms with Crippen molar-refractivity contribution in [1.82, 2.24) is 9.78 Å². The number of carbonyl (C=O) groups is 1. The summed E-state index contributed by atoms with van der Waals surface area (Å²) in [4.78, 5) is 12.5. The number of hydrogen-bond donors (Lipinski definition) is 1. The molecule has 1 aromatic heterocycles. The van der Waals surface area contributed by atoms with Gasteiger partial charge in [-0.25, -0.2) is 13.1 Å². The Kier molecular flexibility index (Phi) is 5.04. The van der Waals surface area contributed by atoms with E-state index in [4.69, 9.17) is 4.74 Å². The Morgan fingerprint density at radius 3 is 2.77 bits per heavy atom. The number of hydrogen-bond acceptors (Lipinski definition) is 5. The topological polar surface area (TPSA) is 90.3 Å². The third-order valence-electron chi connectivity index (χ3n) is 4.34. The van der Waals surface area contributed by atoms with Crippen LogP contribution in [-0.4, -0.2) is 41.7 Å². The highest BCUT2D eigenvalue weighted by Crippen LogP contribution is 2.27. The molecule has 140 valence electrons. The molecule has 1 aliphatic rings. The molecule has 2 atom stereocenters. The van der Waals surface area contributed by atoms with Crippen molar-refractivity contribution in [3.8, 4) is 5.75 Å². The van der Waals surface area contributed by atoms with Gasteiger partial charge in [0.1, 0.15) is 11.6 Å². The molecule has 1 N–H and O–H groups in total. The molecule has 0 saturated carbocycles. The Morgan fingerprint density at radius 2 is 2.12 bits per heavy atom. The summed E-state index contributed by atoms with van der Waals surface area (Å²) in [6.07, 6.45) is -0.199. The highest BCUT2D eigenvalue weighted by Gasteiger charge is 2.31. The van der Waals surface area contributed by atoms with Crippen molar-refractivity contribution < 1.29 is 17.9 Å². The van der Waals surface area contributed by atoms with E-state index in [0.717, 1.165) is 11.3 Å². The van der Waals surface area contributed by atoms with E-state index in [9.17, 15) is 13.2 Å². The molecule has 0 spiro atoms. The maximum absolute atomic E-state index is 12.5. The van der Waals surface area contributed by atoms with Gasteiger partial charge < -0.3 is 10.1 Å². The molecule has 3 rings (SSSR count).